The van der Waals surface area contributed by atoms with E-state index in [1.165, 1.54) is 16.8 Å². The number of aryl methyl sites for hydroxylation is 2. The van der Waals surface area contributed by atoms with Gasteiger partial charge in [0.15, 0.2) is 0 Å². The van der Waals surface area contributed by atoms with Crippen LogP contribution in [0.5, 0.6) is 0 Å². The molecule has 4 aromatic carbocycles. The van der Waals surface area contributed by atoms with Crippen molar-refractivity contribution >= 4 is 52.0 Å². The Bertz CT molecular complexity index is 2850. The molecule has 354 valence electrons. The number of carbonyl (C=O) groups excluding carboxylic acids is 4. The number of ether oxygens (including phenoxy) is 3. The van der Waals surface area contributed by atoms with Crippen molar-refractivity contribution in [3.63, 3.8) is 0 Å². The standard InChI is InChI=1S/C50H52ClFN8O8/c51-36-10-16-41-42(29-36)54-50(53-41)60-49(65)40(14-7-33-5-11-37(52)12-6-33)46(56-60)34-8-3-32(4-9-34)2-1-23-66-24-25-67-26-27-68-31-45(62)58-21-19-57(20-22-58)38-13-15-39-35(28-38)30-59(48(39)64)43-17-18-44(61)55-47(43)63/h3-6,8-13,15-16,28-29,43,56H,1-2,7,14,17-27,30-31H2,(H,53,54)(H,55,61,63). The van der Waals surface area contributed by atoms with Gasteiger partial charge >= 0.3 is 0 Å². The van der Waals surface area contributed by atoms with E-state index in [-0.39, 0.29) is 48.7 Å². The largest absolute Gasteiger partial charge is 0.379 e. The van der Waals surface area contributed by atoms with E-state index in [1.807, 2.05) is 36.4 Å². The van der Waals surface area contributed by atoms with Gasteiger partial charge < -0.3 is 33.9 Å². The number of H-pyrrole nitrogens is 2. The first-order chi connectivity index (χ1) is 33.1. The third-order valence-corrected chi connectivity index (χ3v) is 12.9. The number of anilines is 1. The summed E-state index contributed by atoms with van der Waals surface area (Å²) in [7, 11) is 0. The Hall–Kier alpha value is -6.66. The summed E-state index contributed by atoms with van der Waals surface area (Å²) in [6, 6.07) is 24.8. The maximum Gasteiger partial charge on any atom is 0.277 e. The Morgan fingerprint density at radius 2 is 1.51 bits per heavy atom. The number of piperazine rings is 1. The van der Waals surface area contributed by atoms with E-state index >= 15 is 0 Å². The Balaban J connectivity index is 0.659. The minimum Gasteiger partial charge on any atom is -0.379 e. The van der Waals surface area contributed by atoms with Gasteiger partial charge in [-0.3, -0.25) is 34.4 Å². The van der Waals surface area contributed by atoms with Gasteiger partial charge in [-0.05, 0) is 103 Å². The Kier molecular flexibility index (Phi) is 14.4. The molecule has 9 rings (SSSR count). The fraction of sp³-hybridized carbons (Fsp3) is 0.360. The first-order valence-corrected chi connectivity index (χ1v) is 23.3. The molecule has 2 aromatic heterocycles. The number of fused-ring (bicyclic) bond motifs is 2. The van der Waals surface area contributed by atoms with Crippen molar-refractivity contribution in [3.8, 4) is 17.2 Å². The second-order valence-electron chi connectivity index (χ2n) is 17.1. The number of imide groups is 1. The molecule has 5 heterocycles. The summed E-state index contributed by atoms with van der Waals surface area (Å²) in [5, 5.41) is 6.18. The minimum absolute atomic E-state index is 0.0279. The molecule has 0 spiro atoms. The molecule has 6 aromatic rings. The molecule has 2 saturated heterocycles. The van der Waals surface area contributed by atoms with E-state index in [4.69, 9.17) is 25.8 Å². The van der Waals surface area contributed by atoms with Gasteiger partial charge in [0.25, 0.3) is 11.5 Å². The number of carbonyl (C=O) groups is 4. The van der Waals surface area contributed by atoms with E-state index in [1.54, 1.807) is 46.2 Å². The Morgan fingerprint density at radius 3 is 2.28 bits per heavy atom. The van der Waals surface area contributed by atoms with Gasteiger partial charge in [0.1, 0.15) is 18.5 Å². The van der Waals surface area contributed by atoms with Crippen molar-refractivity contribution < 1.29 is 37.8 Å². The number of benzene rings is 4. The molecule has 3 N–H and O–H groups in total. The normalized spacial score (nSPS) is 16.2. The number of halogens is 2. The fourth-order valence-corrected chi connectivity index (χ4v) is 9.14. The first-order valence-electron chi connectivity index (χ1n) is 22.9. The highest BCUT2D eigenvalue weighted by molar-refractivity contribution is 6.31. The number of rotatable bonds is 19. The number of hydrogen-bond acceptors (Lipinski definition) is 10. The quantitative estimate of drug-likeness (QED) is 0.0705. The molecule has 68 heavy (non-hydrogen) atoms. The maximum absolute atomic E-state index is 13.9. The lowest BCUT2D eigenvalue weighted by Gasteiger charge is -2.36. The molecule has 1 atom stereocenters. The summed E-state index contributed by atoms with van der Waals surface area (Å²) >= 11 is 6.19. The van der Waals surface area contributed by atoms with Crippen LogP contribution in [0.25, 0.3) is 28.2 Å². The fourth-order valence-electron chi connectivity index (χ4n) is 8.97. The number of imidazole rings is 1. The smallest absolute Gasteiger partial charge is 0.277 e. The van der Waals surface area contributed by atoms with Gasteiger partial charge in [-0.25, -0.2) is 9.37 Å². The van der Waals surface area contributed by atoms with E-state index < -0.39 is 11.9 Å². The van der Waals surface area contributed by atoms with E-state index in [2.05, 4.69) is 25.3 Å². The average molecular weight is 947 g/mol. The lowest BCUT2D eigenvalue weighted by Crippen LogP contribution is -2.52. The molecule has 18 heteroatoms. The van der Waals surface area contributed by atoms with Crippen molar-refractivity contribution in [1.82, 2.24) is 34.9 Å². The number of nitrogens with one attached hydrogen (secondary N) is 3. The predicted octanol–water partition coefficient (Wildman–Crippen LogP) is 5.38. The van der Waals surface area contributed by atoms with Crippen LogP contribution in [0.3, 0.4) is 0 Å². The second-order valence-corrected chi connectivity index (χ2v) is 17.6. The summed E-state index contributed by atoms with van der Waals surface area (Å²) in [5.74, 6) is -0.974. The average Bonchev–Trinajstić information content (AvgIpc) is 4.02. The molecule has 0 bridgehead atoms. The summed E-state index contributed by atoms with van der Waals surface area (Å²) in [6.45, 7) is 4.67. The SMILES string of the molecule is O=C1CCC(N2Cc3cc(N4CCN(C(=O)COCCOCCOCCCc5ccc(-c6[nH]n(-c7nc8ccc(Cl)cc8[nH]7)c(=O)c6CCc6ccc(F)cc6)cc5)CC4)ccc3C2=O)C(=O)N1. The van der Waals surface area contributed by atoms with Gasteiger partial charge in [-0.2, -0.15) is 4.68 Å². The minimum atomic E-state index is -0.653. The van der Waals surface area contributed by atoms with Crippen LogP contribution in [0.4, 0.5) is 10.1 Å². The molecule has 3 aliphatic heterocycles. The van der Waals surface area contributed by atoms with Gasteiger partial charge in [0, 0.05) is 67.6 Å². The van der Waals surface area contributed by atoms with Crippen LogP contribution in [0.1, 0.15) is 51.9 Å². The zero-order chi connectivity index (χ0) is 47.1. The van der Waals surface area contributed by atoms with Crippen LogP contribution in [0, 0.1) is 5.82 Å². The monoisotopic (exact) mass is 946 g/mol. The van der Waals surface area contributed by atoms with Crippen molar-refractivity contribution in [1.29, 1.82) is 0 Å². The highest BCUT2D eigenvalue weighted by Crippen LogP contribution is 2.31. The van der Waals surface area contributed by atoms with Crippen LogP contribution in [-0.2, 0) is 54.4 Å². The van der Waals surface area contributed by atoms with Crippen LogP contribution in [0.15, 0.2) is 89.7 Å². The van der Waals surface area contributed by atoms with Crippen LogP contribution < -0.4 is 15.8 Å². The van der Waals surface area contributed by atoms with E-state index in [9.17, 15) is 28.4 Å². The summed E-state index contributed by atoms with van der Waals surface area (Å²) in [5.41, 5.74) is 7.75. The molecule has 4 amide bonds. The molecule has 0 saturated carbocycles. The summed E-state index contributed by atoms with van der Waals surface area (Å²) < 4.78 is 32.1. The number of nitrogens with zero attached hydrogens (tertiary/aromatic N) is 5. The first kappa shape index (κ1) is 46.5. The van der Waals surface area contributed by atoms with E-state index in [0.717, 1.165) is 40.8 Å². The second kappa shape index (κ2) is 21.1. The lowest BCUT2D eigenvalue weighted by atomic mass is 10.00. The summed E-state index contributed by atoms with van der Waals surface area (Å²) in [4.78, 5) is 77.2. The summed E-state index contributed by atoms with van der Waals surface area (Å²) in [6.07, 6.45) is 3.14. The lowest BCUT2D eigenvalue weighted by molar-refractivity contribution is -0.138. The number of aromatic nitrogens is 4. The van der Waals surface area contributed by atoms with Crippen molar-refractivity contribution in [2.24, 2.45) is 0 Å². The highest BCUT2D eigenvalue weighted by atomic mass is 35.5. The molecule has 2 fully saturated rings. The molecule has 1 unspecified atom stereocenters. The Labute approximate surface area is 396 Å². The number of amides is 4. The molecule has 16 nitrogen and oxygen atoms in total. The van der Waals surface area contributed by atoms with Crippen molar-refractivity contribution in [2.45, 2.75) is 51.1 Å². The molecule has 0 radical (unpaired) electrons. The number of hydrogen-bond donors (Lipinski definition) is 3. The number of aromatic amines is 2. The van der Waals surface area contributed by atoms with Crippen LogP contribution >= 0.6 is 11.6 Å². The Morgan fingerprint density at radius 1 is 0.794 bits per heavy atom. The van der Waals surface area contributed by atoms with Crippen molar-refractivity contribution in [3.05, 3.63) is 134 Å². The predicted molar refractivity (Wildman–Crippen MR) is 252 cm³/mol. The van der Waals surface area contributed by atoms with Crippen LogP contribution in [-0.4, -0.2) is 125 Å². The molecule has 0 aliphatic carbocycles. The van der Waals surface area contributed by atoms with Gasteiger partial charge in [0.2, 0.25) is 23.7 Å². The van der Waals surface area contributed by atoms with Crippen molar-refractivity contribution in [2.75, 3.05) is 70.7 Å². The third kappa shape index (κ3) is 10.7. The van der Waals surface area contributed by atoms with E-state index in [0.29, 0.717) is 117 Å². The topological polar surface area (TPSA) is 184 Å². The molecular weight excluding hydrogens is 895 g/mol. The maximum atomic E-state index is 13.9. The molecular formula is C50H52ClFN8O8. The van der Waals surface area contributed by atoms with Gasteiger partial charge in [-0.15, -0.1) is 0 Å². The van der Waals surface area contributed by atoms with Gasteiger partial charge in [-0.1, -0.05) is 48.0 Å². The highest BCUT2D eigenvalue weighted by Gasteiger charge is 2.39. The number of piperidine rings is 1. The van der Waals surface area contributed by atoms with Gasteiger partial charge in [0.05, 0.1) is 43.2 Å². The zero-order valence-electron chi connectivity index (χ0n) is 37.4. The zero-order valence-corrected chi connectivity index (χ0v) is 38.2. The molecule has 3 aliphatic rings. The van der Waals surface area contributed by atoms with Crippen LogP contribution in [0.2, 0.25) is 5.02 Å². The third-order valence-electron chi connectivity index (χ3n) is 12.7.